The molecular formula is C14H29NO3Si. The molecule has 0 aromatic rings. The van der Waals surface area contributed by atoms with Crippen molar-refractivity contribution in [3.63, 3.8) is 0 Å². The Balaban J connectivity index is 2.75. The summed E-state index contributed by atoms with van der Waals surface area (Å²) in [5, 5.41) is 3.41. The van der Waals surface area contributed by atoms with Crippen LogP contribution < -0.4 is 5.32 Å². The van der Waals surface area contributed by atoms with Crippen LogP contribution in [0.25, 0.3) is 0 Å². The molecule has 19 heavy (non-hydrogen) atoms. The monoisotopic (exact) mass is 287 g/mol. The first-order valence-electron chi connectivity index (χ1n) is 7.27. The number of carbonyl (C=O) groups is 1. The average Bonchev–Trinajstić information content (AvgIpc) is 2.28. The molecule has 0 aromatic carbocycles. The maximum atomic E-state index is 12.0. The first-order chi connectivity index (χ1) is 8.69. The van der Waals surface area contributed by atoms with Gasteiger partial charge in [-0.05, 0) is 44.4 Å². The SMILES string of the molecule is CCOC(=O)[C@H]1NCCC[C@@H]1O[Si](C)(C)C(C)(C)C. The van der Waals surface area contributed by atoms with Crippen LogP contribution in [0.5, 0.6) is 0 Å². The van der Waals surface area contributed by atoms with Gasteiger partial charge in [0, 0.05) is 0 Å². The molecule has 1 aliphatic rings. The Morgan fingerprint density at radius 2 is 2.00 bits per heavy atom. The summed E-state index contributed by atoms with van der Waals surface area (Å²) in [4.78, 5) is 12.0. The highest BCUT2D eigenvalue weighted by Gasteiger charge is 2.43. The van der Waals surface area contributed by atoms with Crippen molar-refractivity contribution in [2.45, 2.75) is 70.8 Å². The van der Waals surface area contributed by atoms with Crippen LogP contribution in [0.1, 0.15) is 40.5 Å². The Labute approximate surface area is 118 Å². The Morgan fingerprint density at radius 1 is 1.37 bits per heavy atom. The van der Waals surface area contributed by atoms with Crippen molar-refractivity contribution in [3.8, 4) is 0 Å². The van der Waals surface area contributed by atoms with Gasteiger partial charge in [0.15, 0.2) is 8.32 Å². The van der Waals surface area contributed by atoms with Crippen LogP contribution in [0, 0.1) is 0 Å². The van der Waals surface area contributed by atoms with Gasteiger partial charge < -0.3 is 14.5 Å². The number of esters is 1. The van der Waals surface area contributed by atoms with E-state index in [0.717, 1.165) is 19.4 Å². The van der Waals surface area contributed by atoms with Gasteiger partial charge in [0.05, 0.1) is 12.7 Å². The van der Waals surface area contributed by atoms with E-state index in [-0.39, 0.29) is 23.2 Å². The van der Waals surface area contributed by atoms with Gasteiger partial charge in [-0.15, -0.1) is 0 Å². The van der Waals surface area contributed by atoms with E-state index < -0.39 is 8.32 Å². The van der Waals surface area contributed by atoms with Crippen LogP contribution in [-0.4, -0.2) is 39.6 Å². The van der Waals surface area contributed by atoms with Gasteiger partial charge in [-0.2, -0.15) is 0 Å². The molecule has 112 valence electrons. The normalized spacial score (nSPS) is 25.2. The molecule has 1 rings (SSSR count). The van der Waals surface area contributed by atoms with E-state index >= 15 is 0 Å². The summed E-state index contributed by atoms with van der Waals surface area (Å²) in [6.07, 6.45) is 1.94. The Kier molecular flexibility index (Phi) is 5.59. The molecule has 4 nitrogen and oxygen atoms in total. The highest BCUT2D eigenvalue weighted by Crippen LogP contribution is 2.38. The summed E-state index contributed by atoms with van der Waals surface area (Å²) >= 11 is 0. The number of nitrogens with one attached hydrogen (secondary N) is 1. The fourth-order valence-electron chi connectivity index (χ4n) is 2.01. The third-order valence-electron chi connectivity index (χ3n) is 4.19. The molecule has 0 bridgehead atoms. The van der Waals surface area contributed by atoms with Gasteiger partial charge in [-0.1, -0.05) is 20.8 Å². The summed E-state index contributed by atoms with van der Waals surface area (Å²) in [6.45, 7) is 14.2. The average molecular weight is 287 g/mol. The molecule has 0 aromatic heterocycles. The van der Waals surface area contributed by atoms with E-state index in [0.29, 0.717) is 6.61 Å². The Bertz CT molecular complexity index is 312. The smallest absolute Gasteiger partial charge is 0.325 e. The lowest BCUT2D eigenvalue weighted by molar-refractivity contribution is -0.149. The van der Waals surface area contributed by atoms with E-state index in [1.54, 1.807) is 0 Å². The predicted octanol–water partition coefficient (Wildman–Crippen LogP) is 2.69. The minimum Gasteiger partial charge on any atom is -0.465 e. The van der Waals surface area contributed by atoms with Crippen molar-refractivity contribution < 1.29 is 14.0 Å². The molecule has 5 heteroatoms. The van der Waals surface area contributed by atoms with E-state index in [1.807, 2.05) is 6.92 Å². The number of piperidine rings is 1. The van der Waals surface area contributed by atoms with Crippen LogP contribution in [-0.2, 0) is 14.0 Å². The Morgan fingerprint density at radius 3 is 2.53 bits per heavy atom. The lowest BCUT2D eigenvalue weighted by atomic mass is 10.0. The number of rotatable bonds is 4. The van der Waals surface area contributed by atoms with Crippen LogP contribution in [0.2, 0.25) is 18.1 Å². The van der Waals surface area contributed by atoms with Crippen molar-refractivity contribution >= 4 is 14.3 Å². The van der Waals surface area contributed by atoms with Crippen LogP contribution >= 0.6 is 0 Å². The molecule has 0 spiro atoms. The molecule has 0 unspecified atom stereocenters. The molecule has 0 amide bonds. The quantitative estimate of drug-likeness (QED) is 0.638. The fraction of sp³-hybridized carbons (Fsp3) is 0.929. The number of hydrogen-bond donors (Lipinski definition) is 1. The van der Waals surface area contributed by atoms with Gasteiger partial charge in [-0.25, -0.2) is 0 Å². The van der Waals surface area contributed by atoms with Gasteiger partial charge >= 0.3 is 5.97 Å². The summed E-state index contributed by atoms with van der Waals surface area (Å²) in [5.41, 5.74) is 0. The van der Waals surface area contributed by atoms with Crippen molar-refractivity contribution in [1.29, 1.82) is 0 Å². The van der Waals surface area contributed by atoms with Gasteiger partial charge in [-0.3, -0.25) is 4.79 Å². The third kappa shape index (κ3) is 4.29. The lowest BCUT2D eigenvalue weighted by Crippen LogP contribution is -2.56. The summed E-state index contributed by atoms with van der Waals surface area (Å²) in [6, 6.07) is -0.303. The zero-order chi connectivity index (χ0) is 14.7. The second kappa shape index (κ2) is 6.37. The topological polar surface area (TPSA) is 47.6 Å². The van der Waals surface area contributed by atoms with E-state index in [1.165, 1.54) is 0 Å². The third-order valence-corrected chi connectivity index (χ3v) is 8.70. The highest BCUT2D eigenvalue weighted by molar-refractivity contribution is 6.74. The largest absolute Gasteiger partial charge is 0.465 e. The van der Waals surface area contributed by atoms with Crippen molar-refractivity contribution in [3.05, 3.63) is 0 Å². The van der Waals surface area contributed by atoms with Crippen LogP contribution in [0.15, 0.2) is 0 Å². The molecule has 0 radical (unpaired) electrons. The molecule has 1 saturated heterocycles. The number of ether oxygens (including phenoxy) is 1. The van der Waals surface area contributed by atoms with Crippen LogP contribution in [0.3, 0.4) is 0 Å². The van der Waals surface area contributed by atoms with Crippen molar-refractivity contribution in [2.24, 2.45) is 0 Å². The molecule has 0 saturated carbocycles. The first kappa shape index (κ1) is 16.7. The molecule has 0 aliphatic carbocycles. The van der Waals surface area contributed by atoms with Gasteiger partial charge in [0.25, 0.3) is 0 Å². The second-order valence-electron chi connectivity index (χ2n) is 6.74. The molecule has 1 N–H and O–H groups in total. The second-order valence-corrected chi connectivity index (χ2v) is 11.5. The summed E-state index contributed by atoms with van der Waals surface area (Å²) in [7, 11) is -1.85. The summed E-state index contributed by atoms with van der Waals surface area (Å²) in [5.74, 6) is -0.175. The maximum absolute atomic E-state index is 12.0. The van der Waals surface area contributed by atoms with Crippen LogP contribution in [0.4, 0.5) is 0 Å². The zero-order valence-corrected chi connectivity index (χ0v) is 14.2. The predicted molar refractivity (Wildman–Crippen MR) is 79.7 cm³/mol. The zero-order valence-electron chi connectivity index (χ0n) is 13.2. The fourth-order valence-corrected chi connectivity index (χ4v) is 3.37. The Hall–Kier alpha value is -0.393. The standard InChI is InChI=1S/C14H29NO3Si/c1-7-17-13(16)12-11(9-8-10-15-12)18-19(5,6)14(2,3)4/h11-12,15H,7-10H2,1-6H3/t11-,12-/m0/s1. The highest BCUT2D eigenvalue weighted by atomic mass is 28.4. The molecular weight excluding hydrogens is 258 g/mol. The molecule has 1 aliphatic heterocycles. The summed E-state index contributed by atoms with van der Waals surface area (Å²) < 4.78 is 11.5. The number of carbonyl (C=O) groups excluding carboxylic acids is 1. The first-order valence-corrected chi connectivity index (χ1v) is 10.2. The number of hydrogen-bond acceptors (Lipinski definition) is 4. The molecule has 1 fully saturated rings. The van der Waals surface area contributed by atoms with E-state index in [4.69, 9.17) is 9.16 Å². The van der Waals surface area contributed by atoms with E-state index in [2.05, 4.69) is 39.2 Å². The van der Waals surface area contributed by atoms with E-state index in [9.17, 15) is 4.79 Å². The molecule has 2 atom stereocenters. The van der Waals surface area contributed by atoms with Crippen molar-refractivity contribution in [2.75, 3.05) is 13.2 Å². The van der Waals surface area contributed by atoms with Gasteiger partial charge in [0.1, 0.15) is 6.04 Å². The minimum absolute atomic E-state index is 0.0475. The van der Waals surface area contributed by atoms with Gasteiger partial charge in [0.2, 0.25) is 0 Å². The maximum Gasteiger partial charge on any atom is 0.325 e. The lowest BCUT2D eigenvalue weighted by Gasteiger charge is -2.42. The molecule has 1 heterocycles. The van der Waals surface area contributed by atoms with Crippen molar-refractivity contribution in [1.82, 2.24) is 5.32 Å². The minimum atomic E-state index is -1.85.